The number of carbonyl (C=O) groups is 3. The molecule has 1 aliphatic heterocycles. The first-order valence-electron chi connectivity index (χ1n) is 7.84. The summed E-state index contributed by atoms with van der Waals surface area (Å²) in [4.78, 5) is 38.5. The van der Waals surface area contributed by atoms with Gasteiger partial charge in [-0.05, 0) is 25.7 Å². The number of nitrogens with zero attached hydrogens (tertiary/aromatic N) is 1. The molecule has 3 aliphatic rings. The van der Waals surface area contributed by atoms with Crippen LogP contribution in [0.1, 0.15) is 51.4 Å². The highest BCUT2D eigenvalue weighted by Gasteiger charge is 2.58. The van der Waals surface area contributed by atoms with Gasteiger partial charge in [-0.1, -0.05) is 37.8 Å². The third-order valence-corrected chi connectivity index (χ3v) is 5.26. The molecule has 2 fully saturated rings. The van der Waals surface area contributed by atoms with E-state index >= 15 is 0 Å². The Hall–Kier alpha value is -1.65. The van der Waals surface area contributed by atoms with Gasteiger partial charge in [-0.3, -0.25) is 14.5 Å². The van der Waals surface area contributed by atoms with E-state index in [1.807, 2.05) is 12.2 Å². The van der Waals surface area contributed by atoms with Gasteiger partial charge < -0.3 is 5.11 Å². The number of hydrogen-bond acceptors (Lipinski definition) is 3. The highest BCUT2D eigenvalue weighted by atomic mass is 16.4. The quantitative estimate of drug-likeness (QED) is 0.480. The Balaban J connectivity index is 1.98. The molecular weight excluding hydrogens is 270 g/mol. The topological polar surface area (TPSA) is 74.7 Å². The molecule has 5 heteroatoms. The van der Waals surface area contributed by atoms with Gasteiger partial charge in [0.25, 0.3) is 0 Å². The molecule has 2 atom stereocenters. The number of amides is 2. The zero-order valence-electron chi connectivity index (χ0n) is 12.1. The average molecular weight is 291 g/mol. The first-order valence-corrected chi connectivity index (χ1v) is 7.84. The number of aliphatic carboxylic acids is 1. The van der Waals surface area contributed by atoms with Crippen molar-refractivity contribution in [2.75, 3.05) is 0 Å². The van der Waals surface area contributed by atoms with E-state index in [0.29, 0.717) is 25.7 Å². The summed E-state index contributed by atoms with van der Waals surface area (Å²) in [7, 11) is 0. The monoisotopic (exact) mass is 291 g/mol. The van der Waals surface area contributed by atoms with Gasteiger partial charge in [-0.2, -0.15) is 0 Å². The van der Waals surface area contributed by atoms with Gasteiger partial charge >= 0.3 is 5.97 Å². The van der Waals surface area contributed by atoms with Crippen molar-refractivity contribution >= 4 is 17.8 Å². The fourth-order valence-corrected chi connectivity index (χ4v) is 4.07. The Bertz CT molecular complexity index is 476. The zero-order chi connectivity index (χ0) is 15.0. The Morgan fingerprint density at radius 1 is 1.00 bits per heavy atom. The van der Waals surface area contributed by atoms with Crippen molar-refractivity contribution in [1.82, 2.24) is 4.90 Å². The predicted octanol–water partition coefficient (Wildman–Crippen LogP) is 2.12. The molecule has 0 aromatic carbocycles. The highest BCUT2D eigenvalue weighted by molar-refractivity contribution is 6.09. The molecule has 21 heavy (non-hydrogen) atoms. The van der Waals surface area contributed by atoms with Gasteiger partial charge in [0.15, 0.2) is 0 Å². The lowest BCUT2D eigenvalue weighted by Gasteiger charge is -2.36. The lowest BCUT2D eigenvalue weighted by Crippen LogP contribution is -2.57. The number of allylic oxidation sites excluding steroid dienone is 2. The molecule has 0 unspecified atom stereocenters. The van der Waals surface area contributed by atoms with E-state index in [0.717, 1.165) is 30.6 Å². The number of likely N-dealkylation sites (tertiary alicyclic amines) is 1. The summed E-state index contributed by atoms with van der Waals surface area (Å²) in [5, 5.41) is 9.78. The maximum atomic E-state index is 12.7. The van der Waals surface area contributed by atoms with Crippen molar-refractivity contribution < 1.29 is 19.5 Å². The Morgan fingerprint density at radius 3 is 1.90 bits per heavy atom. The molecule has 0 spiro atoms. The van der Waals surface area contributed by atoms with Crippen molar-refractivity contribution in [3.63, 3.8) is 0 Å². The first kappa shape index (κ1) is 14.3. The summed E-state index contributed by atoms with van der Waals surface area (Å²) in [5.41, 5.74) is -1.30. The van der Waals surface area contributed by atoms with Gasteiger partial charge in [-0.25, -0.2) is 4.79 Å². The maximum absolute atomic E-state index is 12.7. The minimum absolute atomic E-state index is 0.265. The van der Waals surface area contributed by atoms with E-state index in [9.17, 15) is 19.5 Å². The fourth-order valence-electron chi connectivity index (χ4n) is 4.07. The normalized spacial score (nSPS) is 31.9. The van der Waals surface area contributed by atoms with E-state index < -0.39 is 11.5 Å². The first-order chi connectivity index (χ1) is 10.1. The summed E-state index contributed by atoms with van der Waals surface area (Å²) in [6.45, 7) is 0. The second-order valence-electron chi connectivity index (χ2n) is 6.42. The minimum Gasteiger partial charge on any atom is -0.479 e. The van der Waals surface area contributed by atoms with Gasteiger partial charge in [0, 0.05) is 0 Å². The number of imide groups is 1. The molecule has 1 saturated carbocycles. The van der Waals surface area contributed by atoms with E-state index in [1.54, 1.807) is 0 Å². The van der Waals surface area contributed by atoms with Crippen molar-refractivity contribution in [3.8, 4) is 0 Å². The minimum atomic E-state index is -1.30. The van der Waals surface area contributed by atoms with Crippen LogP contribution >= 0.6 is 0 Å². The van der Waals surface area contributed by atoms with Gasteiger partial charge in [0.2, 0.25) is 11.8 Å². The summed E-state index contributed by atoms with van der Waals surface area (Å²) in [6, 6.07) is 0. The van der Waals surface area contributed by atoms with Crippen molar-refractivity contribution in [1.29, 1.82) is 0 Å². The molecule has 2 amide bonds. The van der Waals surface area contributed by atoms with Crippen LogP contribution in [0.2, 0.25) is 0 Å². The van der Waals surface area contributed by atoms with Crippen LogP contribution in [-0.2, 0) is 14.4 Å². The van der Waals surface area contributed by atoms with Crippen molar-refractivity contribution in [2.45, 2.75) is 56.9 Å². The lowest BCUT2D eigenvalue weighted by molar-refractivity contribution is -0.165. The van der Waals surface area contributed by atoms with Gasteiger partial charge in [0.1, 0.15) is 5.54 Å². The molecule has 5 nitrogen and oxygen atoms in total. The number of fused-ring (bicyclic) bond motifs is 1. The van der Waals surface area contributed by atoms with Crippen LogP contribution in [0, 0.1) is 11.8 Å². The van der Waals surface area contributed by atoms with Gasteiger partial charge in [0.05, 0.1) is 11.8 Å². The summed E-state index contributed by atoms with van der Waals surface area (Å²) >= 11 is 0. The summed E-state index contributed by atoms with van der Waals surface area (Å²) in [6.07, 6.45) is 9.22. The summed E-state index contributed by atoms with van der Waals surface area (Å²) < 4.78 is 0. The number of hydrogen-bond donors (Lipinski definition) is 1. The molecule has 0 aromatic heterocycles. The van der Waals surface area contributed by atoms with E-state index in [2.05, 4.69) is 0 Å². The third kappa shape index (κ3) is 2.10. The van der Waals surface area contributed by atoms with Crippen LogP contribution in [0.15, 0.2) is 12.2 Å². The molecule has 0 aromatic rings. The third-order valence-electron chi connectivity index (χ3n) is 5.26. The van der Waals surface area contributed by atoms with Crippen LogP contribution in [-0.4, -0.2) is 33.3 Å². The standard InChI is InChI=1S/C16H21NO4/c18-13-11-7-3-4-8-12(11)14(19)17(13)16(15(20)21)9-5-1-2-6-10-16/h3-4,11-12H,1-2,5-10H2,(H,20,21)/t11-,12+. The van der Waals surface area contributed by atoms with Crippen LogP contribution < -0.4 is 0 Å². The Kier molecular flexibility index (Phi) is 3.59. The molecule has 1 saturated heterocycles. The molecule has 0 radical (unpaired) electrons. The average Bonchev–Trinajstić information content (AvgIpc) is 2.67. The molecule has 1 heterocycles. The summed E-state index contributed by atoms with van der Waals surface area (Å²) in [5.74, 6) is -2.24. The SMILES string of the molecule is O=C1[C@H]2CC=CC[C@H]2C(=O)N1C1(C(=O)O)CCCCCC1. The second kappa shape index (κ2) is 5.28. The van der Waals surface area contributed by atoms with E-state index in [-0.39, 0.29) is 23.7 Å². The van der Waals surface area contributed by atoms with Crippen molar-refractivity contribution in [2.24, 2.45) is 11.8 Å². The smallest absolute Gasteiger partial charge is 0.330 e. The van der Waals surface area contributed by atoms with Crippen LogP contribution in [0.5, 0.6) is 0 Å². The Labute approximate surface area is 124 Å². The molecule has 2 aliphatic carbocycles. The van der Waals surface area contributed by atoms with Crippen LogP contribution in [0.25, 0.3) is 0 Å². The van der Waals surface area contributed by atoms with E-state index in [4.69, 9.17) is 0 Å². The van der Waals surface area contributed by atoms with Gasteiger partial charge in [-0.15, -0.1) is 0 Å². The number of carbonyl (C=O) groups excluding carboxylic acids is 2. The number of carboxylic acid groups (broad SMARTS) is 1. The number of rotatable bonds is 2. The largest absolute Gasteiger partial charge is 0.479 e. The molecule has 1 N–H and O–H groups in total. The predicted molar refractivity (Wildman–Crippen MR) is 75.3 cm³/mol. The molecule has 0 bridgehead atoms. The zero-order valence-corrected chi connectivity index (χ0v) is 12.1. The second-order valence-corrected chi connectivity index (χ2v) is 6.42. The van der Waals surface area contributed by atoms with Crippen molar-refractivity contribution in [3.05, 3.63) is 12.2 Å². The van der Waals surface area contributed by atoms with Crippen LogP contribution in [0.4, 0.5) is 0 Å². The molecular formula is C16H21NO4. The fraction of sp³-hybridized carbons (Fsp3) is 0.688. The highest BCUT2D eigenvalue weighted by Crippen LogP contribution is 2.43. The molecule has 114 valence electrons. The van der Waals surface area contributed by atoms with E-state index in [1.165, 1.54) is 0 Å². The van der Waals surface area contributed by atoms with Crippen LogP contribution in [0.3, 0.4) is 0 Å². The number of carboxylic acids is 1. The molecule has 3 rings (SSSR count). The maximum Gasteiger partial charge on any atom is 0.330 e. The lowest BCUT2D eigenvalue weighted by atomic mass is 9.85. The Morgan fingerprint density at radius 2 is 1.48 bits per heavy atom.